The molecule has 6 nitrogen and oxygen atoms in total. The van der Waals surface area contributed by atoms with Crippen molar-refractivity contribution >= 4 is 11.8 Å². The molecule has 2 fully saturated rings. The number of rotatable bonds is 2. The number of Topliss-reactive ketones (excluding diaryl/α,β-unsaturated/α-hetero) is 1. The molecule has 0 N–H and O–H groups in total. The summed E-state index contributed by atoms with van der Waals surface area (Å²) < 4.78 is 22.6. The topological polar surface area (TPSA) is 74.4 Å². The van der Waals surface area contributed by atoms with E-state index < -0.39 is 24.7 Å². The smallest absolute Gasteiger partial charge is 0.341 e. The van der Waals surface area contributed by atoms with Crippen LogP contribution in [0.2, 0.25) is 0 Å². The molecule has 25 heavy (non-hydrogen) atoms. The minimum atomic E-state index is -0.893. The predicted molar refractivity (Wildman–Crippen MR) is 85.3 cm³/mol. The number of esters is 1. The molecule has 132 valence electrons. The Labute approximate surface area is 145 Å². The number of hydrogen-bond donors (Lipinski definition) is 0. The monoisotopic (exact) mass is 344 g/mol. The van der Waals surface area contributed by atoms with E-state index in [9.17, 15) is 9.59 Å². The third kappa shape index (κ3) is 2.14. The highest BCUT2D eigenvalue weighted by molar-refractivity contribution is 6.09. The van der Waals surface area contributed by atoms with Crippen molar-refractivity contribution in [3.8, 4) is 0 Å². The lowest BCUT2D eigenvalue weighted by atomic mass is 9.70. The number of ether oxygens (including phenoxy) is 4. The summed E-state index contributed by atoms with van der Waals surface area (Å²) in [4.78, 5) is 25.1. The normalized spacial score (nSPS) is 34.8. The van der Waals surface area contributed by atoms with Crippen molar-refractivity contribution in [1.29, 1.82) is 0 Å². The largest absolute Gasteiger partial charge is 0.427 e. The second kappa shape index (κ2) is 5.13. The fraction of sp³-hybridized carbons (Fsp3) is 0.579. The summed E-state index contributed by atoms with van der Waals surface area (Å²) in [6.07, 6.45) is 0.949. The van der Waals surface area contributed by atoms with E-state index in [1.165, 1.54) is 0 Å². The van der Waals surface area contributed by atoms with Crippen molar-refractivity contribution in [2.45, 2.75) is 63.3 Å². The van der Waals surface area contributed by atoms with Crippen LogP contribution in [0.1, 0.15) is 71.2 Å². The number of benzene rings is 1. The van der Waals surface area contributed by atoms with E-state index in [1.54, 1.807) is 6.07 Å². The van der Waals surface area contributed by atoms with Crippen LogP contribution in [-0.2, 0) is 24.4 Å². The molecule has 1 aromatic carbocycles. The Morgan fingerprint density at radius 1 is 1.20 bits per heavy atom. The van der Waals surface area contributed by atoms with Gasteiger partial charge in [0.15, 0.2) is 12.1 Å². The molecule has 2 saturated heterocycles. The molecule has 0 spiro atoms. The van der Waals surface area contributed by atoms with Crippen LogP contribution in [0.4, 0.5) is 0 Å². The zero-order valence-corrected chi connectivity index (χ0v) is 14.2. The van der Waals surface area contributed by atoms with Crippen LogP contribution >= 0.6 is 0 Å². The molecule has 0 bridgehead atoms. The third-order valence-electron chi connectivity index (χ3n) is 5.73. The molecular formula is C19H20O6. The number of hydrogen-bond acceptors (Lipinski definition) is 6. The molecule has 4 atom stereocenters. The molecule has 0 saturated carbocycles. The quantitative estimate of drug-likeness (QED) is 0.606. The fourth-order valence-corrected chi connectivity index (χ4v) is 4.27. The summed E-state index contributed by atoms with van der Waals surface area (Å²) in [5.74, 6) is -0.532. The van der Waals surface area contributed by atoms with Crippen molar-refractivity contribution in [2.24, 2.45) is 0 Å². The highest BCUT2D eigenvalue weighted by atomic mass is 16.8. The van der Waals surface area contributed by atoms with Gasteiger partial charge < -0.3 is 18.9 Å². The van der Waals surface area contributed by atoms with E-state index in [0.29, 0.717) is 23.3 Å². The molecule has 1 aromatic rings. The maximum Gasteiger partial charge on any atom is 0.341 e. The molecule has 0 amide bonds. The summed E-state index contributed by atoms with van der Waals surface area (Å²) in [5, 5.41) is 0. The average Bonchev–Trinajstić information content (AvgIpc) is 3.36. The van der Waals surface area contributed by atoms with Crippen LogP contribution in [0.25, 0.3) is 0 Å². The summed E-state index contributed by atoms with van der Waals surface area (Å²) in [5.41, 5.74) is 2.09. The summed E-state index contributed by atoms with van der Waals surface area (Å²) in [6, 6.07) is 3.59. The van der Waals surface area contributed by atoms with Crippen molar-refractivity contribution < 1.29 is 28.5 Å². The Balaban J connectivity index is 1.59. The lowest BCUT2D eigenvalue weighted by Crippen LogP contribution is -2.37. The van der Waals surface area contributed by atoms with Gasteiger partial charge in [0.1, 0.15) is 12.2 Å². The number of epoxide rings is 1. The Kier molecular flexibility index (Phi) is 3.18. The minimum absolute atomic E-state index is 0.0763. The first-order chi connectivity index (χ1) is 12.0. The highest BCUT2D eigenvalue weighted by Crippen LogP contribution is 2.51. The van der Waals surface area contributed by atoms with Gasteiger partial charge >= 0.3 is 5.97 Å². The molecule has 6 heteroatoms. The lowest BCUT2D eigenvalue weighted by Gasteiger charge is -2.31. The van der Waals surface area contributed by atoms with Crippen LogP contribution < -0.4 is 0 Å². The van der Waals surface area contributed by atoms with Crippen molar-refractivity contribution in [3.63, 3.8) is 0 Å². The van der Waals surface area contributed by atoms with Crippen molar-refractivity contribution in [3.05, 3.63) is 34.4 Å². The summed E-state index contributed by atoms with van der Waals surface area (Å²) >= 11 is 0. The average molecular weight is 344 g/mol. The van der Waals surface area contributed by atoms with Crippen LogP contribution in [0, 0.1) is 0 Å². The van der Waals surface area contributed by atoms with Crippen LogP contribution in [-0.4, -0.2) is 36.9 Å². The van der Waals surface area contributed by atoms with Gasteiger partial charge in [-0.05, 0) is 30.9 Å². The zero-order chi connectivity index (χ0) is 17.3. The first-order valence-corrected chi connectivity index (χ1v) is 8.83. The number of carbonyl (C=O) groups excluding carboxylic acids is 2. The van der Waals surface area contributed by atoms with Gasteiger partial charge in [0.25, 0.3) is 0 Å². The van der Waals surface area contributed by atoms with Gasteiger partial charge in [-0.15, -0.1) is 0 Å². The SMILES string of the molecule is CC1(C)c2ccc3c(c2C(=O)C2OC21)[C@H](OC1CCCCO1)OC3=O. The van der Waals surface area contributed by atoms with E-state index in [4.69, 9.17) is 18.9 Å². The Bertz CT molecular complexity index is 776. The fourth-order valence-electron chi connectivity index (χ4n) is 4.27. The molecule has 3 heterocycles. The van der Waals surface area contributed by atoms with Gasteiger partial charge in [-0.2, -0.15) is 0 Å². The maximum absolute atomic E-state index is 12.9. The molecule has 3 unspecified atom stereocenters. The number of cyclic esters (lactones) is 1. The van der Waals surface area contributed by atoms with Gasteiger partial charge in [0.05, 0.1) is 5.56 Å². The highest BCUT2D eigenvalue weighted by Gasteiger charge is 2.60. The van der Waals surface area contributed by atoms with Crippen LogP contribution in [0.3, 0.4) is 0 Å². The molecule has 0 radical (unpaired) electrons. The lowest BCUT2D eigenvalue weighted by molar-refractivity contribution is -0.239. The Hall–Kier alpha value is -1.76. The third-order valence-corrected chi connectivity index (χ3v) is 5.73. The Morgan fingerprint density at radius 2 is 2.04 bits per heavy atom. The van der Waals surface area contributed by atoms with Crippen molar-refractivity contribution in [1.82, 2.24) is 0 Å². The van der Waals surface area contributed by atoms with Gasteiger partial charge in [0.2, 0.25) is 6.29 Å². The van der Waals surface area contributed by atoms with Crippen LogP contribution in [0.5, 0.6) is 0 Å². The van der Waals surface area contributed by atoms with E-state index in [-0.39, 0.29) is 17.3 Å². The number of ketones is 1. The van der Waals surface area contributed by atoms with E-state index in [1.807, 2.05) is 6.07 Å². The summed E-state index contributed by atoms with van der Waals surface area (Å²) in [6.45, 7) is 4.76. The van der Waals surface area contributed by atoms with Gasteiger partial charge in [0, 0.05) is 23.1 Å². The first kappa shape index (κ1) is 15.5. The minimum Gasteiger partial charge on any atom is -0.427 e. The molecule has 1 aliphatic carbocycles. The zero-order valence-electron chi connectivity index (χ0n) is 14.2. The molecule has 4 aliphatic rings. The van der Waals surface area contributed by atoms with E-state index in [0.717, 1.165) is 24.8 Å². The predicted octanol–water partition coefficient (Wildman–Crippen LogP) is 2.64. The molecule has 5 rings (SSSR count). The van der Waals surface area contributed by atoms with Crippen molar-refractivity contribution in [2.75, 3.05) is 6.61 Å². The standard InChI is InChI=1S/C19H20O6/c1-19(2)10-7-6-9-12(13(10)14(20)15-16(19)24-15)18(25-17(9)21)23-11-5-3-4-8-22-11/h6-7,11,15-16,18H,3-5,8H2,1-2H3/t11?,15?,16?,18-/m1/s1. The number of carbonyl (C=O) groups is 2. The Morgan fingerprint density at radius 3 is 2.80 bits per heavy atom. The van der Waals surface area contributed by atoms with E-state index >= 15 is 0 Å². The summed E-state index contributed by atoms with van der Waals surface area (Å²) in [7, 11) is 0. The molecule has 0 aromatic heterocycles. The second-order valence-electron chi connectivity index (χ2n) is 7.68. The molecule has 3 aliphatic heterocycles. The second-order valence-corrected chi connectivity index (χ2v) is 7.68. The van der Waals surface area contributed by atoms with Gasteiger partial charge in [-0.3, -0.25) is 4.79 Å². The first-order valence-electron chi connectivity index (χ1n) is 8.83. The van der Waals surface area contributed by atoms with Gasteiger partial charge in [-0.1, -0.05) is 19.9 Å². The van der Waals surface area contributed by atoms with Crippen LogP contribution in [0.15, 0.2) is 12.1 Å². The molecular weight excluding hydrogens is 324 g/mol. The number of fused-ring (bicyclic) bond motifs is 4. The van der Waals surface area contributed by atoms with E-state index in [2.05, 4.69) is 13.8 Å². The maximum atomic E-state index is 12.9. The van der Waals surface area contributed by atoms with Gasteiger partial charge in [-0.25, -0.2) is 4.79 Å².